The number of primary amides is 1. The zero-order valence-corrected chi connectivity index (χ0v) is 15.8. The Labute approximate surface area is 168 Å². The number of amides is 1. The molecule has 2 aromatic carbocycles. The molecule has 0 aliphatic carbocycles. The maximum absolute atomic E-state index is 13.0. The number of nitrogens with zero attached hydrogens (tertiary/aromatic N) is 3. The van der Waals surface area contributed by atoms with Crippen molar-refractivity contribution < 1.29 is 13.9 Å². The fourth-order valence-corrected chi connectivity index (χ4v) is 3.49. The molecule has 0 saturated carbocycles. The zero-order chi connectivity index (χ0) is 20.4. The standard InChI is InChI=1S/C22H21FN4O2/c1-2-11-26-12-13-27-19(14-26)25-20(21(27)22(24)28)15-3-7-17(8-4-15)29-18-9-5-16(23)6-10-18/h2-10H,1,11-14H2,(H2,24,28). The molecule has 4 rings (SSSR count). The Hall–Kier alpha value is -3.45. The van der Waals surface area contributed by atoms with Crippen molar-refractivity contribution in [1.29, 1.82) is 0 Å². The molecule has 0 unspecified atom stereocenters. The highest BCUT2D eigenvalue weighted by Crippen LogP contribution is 2.29. The van der Waals surface area contributed by atoms with Crippen molar-refractivity contribution in [2.24, 2.45) is 5.73 Å². The Morgan fingerprint density at radius 1 is 1.14 bits per heavy atom. The lowest BCUT2D eigenvalue weighted by Gasteiger charge is -2.26. The molecule has 148 valence electrons. The predicted octanol–water partition coefficient (Wildman–Crippen LogP) is 3.58. The van der Waals surface area contributed by atoms with Crippen LogP contribution in [-0.2, 0) is 13.1 Å². The molecule has 29 heavy (non-hydrogen) atoms. The van der Waals surface area contributed by atoms with Gasteiger partial charge in [0.05, 0.1) is 6.54 Å². The van der Waals surface area contributed by atoms with Crippen LogP contribution in [-0.4, -0.2) is 33.4 Å². The van der Waals surface area contributed by atoms with Crippen LogP contribution < -0.4 is 10.5 Å². The second-order valence-electron chi connectivity index (χ2n) is 6.85. The topological polar surface area (TPSA) is 73.4 Å². The number of halogens is 1. The number of benzene rings is 2. The van der Waals surface area contributed by atoms with E-state index < -0.39 is 5.91 Å². The first kappa shape index (κ1) is 18.9. The summed E-state index contributed by atoms with van der Waals surface area (Å²) in [5.74, 6) is 1.14. The molecule has 1 amide bonds. The number of ether oxygens (including phenoxy) is 1. The summed E-state index contributed by atoms with van der Waals surface area (Å²) >= 11 is 0. The molecule has 0 atom stereocenters. The monoisotopic (exact) mass is 392 g/mol. The number of carbonyl (C=O) groups is 1. The van der Waals surface area contributed by atoms with Crippen molar-refractivity contribution in [3.8, 4) is 22.8 Å². The van der Waals surface area contributed by atoms with E-state index in [1.165, 1.54) is 12.1 Å². The predicted molar refractivity (Wildman–Crippen MR) is 108 cm³/mol. The number of carbonyl (C=O) groups excluding carboxylic acids is 1. The molecular formula is C22H21FN4O2. The van der Waals surface area contributed by atoms with E-state index in [1.807, 2.05) is 22.8 Å². The molecule has 1 aromatic heterocycles. The third-order valence-corrected chi connectivity index (χ3v) is 4.85. The molecule has 0 radical (unpaired) electrons. The minimum Gasteiger partial charge on any atom is -0.457 e. The van der Waals surface area contributed by atoms with Crippen molar-refractivity contribution in [1.82, 2.24) is 14.5 Å². The van der Waals surface area contributed by atoms with Crippen molar-refractivity contribution in [2.45, 2.75) is 13.1 Å². The highest BCUT2D eigenvalue weighted by atomic mass is 19.1. The van der Waals surface area contributed by atoms with Gasteiger partial charge in [0.2, 0.25) is 0 Å². The summed E-state index contributed by atoms with van der Waals surface area (Å²) < 4.78 is 20.7. The highest BCUT2D eigenvalue weighted by Gasteiger charge is 2.26. The third-order valence-electron chi connectivity index (χ3n) is 4.85. The summed E-state index contributed by atoms with van der Waals surface area (Å²) in [7, 11) is 0. The Morgan fingerprint density at radius 3 is 2.41 bits per heavy atom. The van der Waals surface area contributed by atoms with E-state index in [1.54, 1.807) is 24.3 Å². The normalized spacial score (nSPS) is 13.7. The molecule has 1 aliphatic heterocycles. The Balaban J connectivity index is 1.61. The summed E-state index contributed by atoms with van der Waals surface area (Å²) in [5, 5.41) is 0. The first-order valence-corrected chi connectivity index (χ1v) is 9.31. The van der Waals surface area contributed by atoms with Crippen molar-refractivity contribution in [2.75, 3.05) is 13.1 Å². The molecule has 2 heterocycles. The molecule has 1 aliphatic rings. The Bertz CT molecular complexity index is 1040. The van der Waals surface area contributed by atoms with Gasteiger partial charge in [-0.3, -0.25) is 9.69 Å². The molecule has 3 aromatic rings. The first-order chi connectivity index (χ1) is 14.0. The average molecular weight is 392 g/mol. The number of nitrogens with two attached hydrogens (primary N) is 1. The molecule has 7 heteroatoms. The molecule has 0 saturated heterocycles. The Kier molecular flexibility index (Phi) is 5.14. The van der Waals surface area contributed by atoms with Gasteiger partial charge in [-0.15, -0.1) is 6.58 Å². The first-order valence-electron chi connectivity index (χ1n) is 9.31. The molecule has 6 nitrogen and oxygen atoms in total. The summed E-state index contributed by atoms with van der Waals surface area (Å²) in [5.41, 5.74) is 7.45. The summed E-state index contributed by atoms with van der Waals surface area (Å²) in [6.07, 6.45) is 1.86. The lowest BCUT2D eigenvalue weighted by atomic mass is 10.1. The van der Waals surface area contributed by atoms with Crippen molar-refractivity contribution in [3.05, 3.63) is 78.5 Å². The molecular weight excluding hydrogens is 371 g/mol. The van der Waals surface area contributed by atoms with Gasteiger partial charge in [0.1, 0.15) is 34.5 Å². The van der Waals surface area contributed by atoms with Crippen molar-refractivity contribution in [3.63, 3.8) is 0 Å². The van der Waals surface area contributed by atoms with Gasteiger partial charge < -0.3 is 15.0 Å². The van der Waals surface area contributed by atoms with E-state index in [9.17, 15) is 9.18 Å². The summed E-state index contributed by atoms with van der Waals surface area (Å²) in [6, 6.07) is 13.0. The minimum atomic E-state index is -0.498. The number of aromatic nitrogens is 2. The number of hydrogen-bond donors (Lipinski definition) is 1. The summed E-state index contributed by atoms with van der Waals surface area (Å²) in [6.45, 7) is 6.64. The fraction of sp³-hybridized carbons (Fsp3) is 0.182. The quantitative estimate of drug-likeness (QED) is 0.651. The van der Waals surface area contributed by atoms with Crippen LogP contribution in [0.15, 0.2) is 61.2 Å². The van der Waals surface area contributed by atoms with Crippen molar-refractivity contribution >= 4 is 5.91 Å². The second kappa shape index (κ2) is 7.89. The fourth-order valence-electron chi connectivity index (χ4n) is 3.49. The molecule has 0 fully saturated rings. The van der Waals surface area contributed by atoms with Crippen LogP contribution in [0.2, 0.25) is 0 Å². The van der Waals surface area contributed by atoms with E-state index >= 15 is 0 Å². The van der Waals surface area contributed by atoms with Crippen LogP contribution >= 0.6 is 0 Å². The maximum atomic E-state index is 13.0. The van der Waals surface area contributed by atoms with Crippen LogP contribution in [0.4, 0.5) is 4.39 Å². The lowest BCUT2D eigenvalue weighted by Crippen LogP contribution is -2.35. The van der Waals surface area contributed by atoms with E-state index in [0.29, 0.717) is 36.0 Å². The van der Waals surface area contributed by atoms with E-state index in [-0.39, 0.29) is 5.82 Å². The van der Waals surface area contributed by atoms with Gasteiger partial charge in [0, 0.05) is 25.2 Å². The van der Waals surface area contributed by atoms with Crippen LogP contribution in [0, 0.1) is 5.82 Å². The van der Waals surface area contributed by atoms with Gasteiger partial charge in [-0.05, 0) is 48.5 Å². The highest BCUT2D eigenvalue weighted by molar-refractivity contribution is 5.97. The molecule has 0 spiro atoms. The third kappa shape index (κ3) is 3.90. The smallest absolute Gasteiger partial charge is 0.267 e. The number of rotatable bonds is 6. The van der Waals surface area contributed by atoms with Gasteiger partial charge in [-0.1, -0.05) is 6.08 Å². The van der Waals surface area contributed by atoms with Gasteiger partial charge in [0.25, 0.3) is 5.91 Å². The van der Waals surface area contributed by atoms with Crippen LogP contribution in [0.3, 0.4) is 0 Å². The van der Waals surface area contributed by atoms with Gasteiger partial charge in [-0.2, -0.15) is 0 Å². The molecule has 0 bridgehead atoms. The summed E-state index contributed by atoms with van der Waals surface area (Å²) in [4.78, 5) is 19.1. The molecule has 2 N–H and O–H groups in total. The van der Waals surface area contributed by atoms with Crippen LogP contribution in [0.5, 0.6) is 11.5 Å². The number of imidazole rings is 1. The minimum absolute atomic E-state index is 0.318. The lowest BCUT2D eigenvalue weighted by molar-refractivity contribution is 0.0988. The van der Waals surface area contributed by atoms with Crippen LogP contribution in [0.1, 0.15) is 16.3 Å². The van der Waals surface area contributed by atoms with Gasteiger partial charge >= 0.3 is 0 Å². The van der Waals surface area contributed by atoms with Gasteiger partial charge in [-0.25, -0.2) is 9.37 Å². The average Bonchev–Trinajstić information content (AvgIpc) is 3.09. The maximum Gasteiger partial charge on any atom is 0.267 e. The Morgan fingerprint density at radius 2 is 1.79 bits per heavy atom. The second-order valence-corrected chi connectivity index (χ2v) is 6.85. The van der Waals surface area contributed by atoms with E-state index in [0.717, 1.165) is 24.5 Å². The SMILES string of the molecule is C=CCN1CCn2c(nc(-c3ccc(Oc4ccc(F)cc4)cc3)c2C(N)=O)C1. The van der Waals surface area contributed by atoms with Crippen LogP contribution in [0.25, 0.3) is 11.3 Å². The van der Waals surface area contributed by atoms with Gasteiger partial charge in [0.15, 0.2) is 0 Å². The number of fused-ring (bicyclic) bond motifs is 1. The zero-order valence-electron chi connectivity index (χ0n) is 15.8. The number of hydrogen-bond acceptors (Lipinski definition) is 4. The largest absolute Gasteiger partial charge is 0.457 e. The van der Waals surface area contributed by atoms with E-state index in [4.69, 9.17) is 15.5 Å². The van der Waals surface area contributed by atoms with E-state index in [2.05, 4.69) is 11.5 Å².